The van der Waals surface area contributed by atoms with Crippen LogP contribution in [-0.2, 0) is 9.59 Å². The molecule has 0 saturated carbocycles. The Balaban J connectivity index is 1.50. The number of rotatable bonds is 8. The van der Waals surface area contributed by atoms with E-state index in [9.17, 15) is 9.59 Å². The zero-order valence-electron chi connectivity index (χ0n) is 15.6. The molecule has 1 aromatic heterocycles. The van der Waals surface area contributed by atoms with E-state index in [-0.39, 0.29) is 29.4 Å². The first kappa shape index (κ1) is 19.8. The number of hydrogen-bond acceptors (Lipinski definition) is 4. The Labute approximate surface area is 168 Å². The molecule has 0 bridgehead atoms. The maximum atomic E-state index is 12.4. The summed E-state index contributed by atoms with van der Waals surface area (Å²) in [6, 6.07) is 20.5. The summed E-state index contributed by atoms with van der Waals surface area (Å²) >= 11 is 1.27. The average molecular weight is 394 g/mol. The molecule has 1 unspecified atom stereocenters. The van der Waals surface area contributed by atoms with Gasteiger partial charge in [0.25, 0.3) is 0 Å². The minimum absolute atomic E-state index is 0.131. The topological polar surface area (TPSA) is 71.3 Å². The van der Waals surface area contributed by atoms with Crippen LogP contribution in [-0.4, -0.2) is 23.3 Å². The van der Waals surface area contributed by atoms with Gasteiger partial charge in [-0.2, -0.15) is 0 Å². The van der Waals surface area contributed by atoms with Crippen molar-refractivity contribution in [2.75, 3.05) is 16.8 Å². The van der Waals surface area contributed by atoms with Gasteiger partial charge in [0, 0.05) is 5.69 Å². The Morgan fingerprint density at radius 1 is 0.964 bits per heavy atom. The summed E-state index contributed by atoms with van der Waals surface area (Å²) in [5, 5.41) is 5.82. The van der Waals surface area contributed by atoms with Gasteiger partial charge in [-0.15, -0.1) is 11.8 Å². The quantitative estimate of drug-likeness (QED) is 0.602. The molecule has 1 heterocycles. The van der Waals surface area contributed by atoms with Crippen molar-refractivity contribution in [2.45, 2.75) is 13.0 Å². The number of anilines is 1. The molecular weight excluding hydrogens is 372 g/mol. The van der Waals surface area contributed by atoms with Crippen LogP contribution in [0.1, 0.15) is 22.9 Å². The molecule has 0 spiro atoms. The van der Waals surface area contributed by atoms with Gasteiger partial charge in [-0.05, 0) is 42.3 Å². The SMILES string of the molecule is Cc1cccc(NC(=O)CSCC(=O)NC(c2ccccc2)c2ccco2)c1. The zero-order chi connectivity index (χ0) is 19.8. The second kappa shape index (κ2) is 9.80. The summed E-state index contributed by atoms with van der Waals surface area (Å²) in [6.07, 6.45) is 1.59. The van der Waals surface area contributed by atoms with E-state index in [0.29, 0.717) is 5.76 Å². The van der Waals surface area contributed by atoms with Crippen molar-refractivity contribution in [3.8, 4) is 0 Å². The lowest BCUT2D eigenvalue weighted by molar-refractivity contribution is -0.119. The first-order valence-corrected chi connectivity index (χ1v) is 10.1. The smallest absolute Gasteiger partial charge is 0.234 e. The van der Waals surface area contributed by atoms with Crippen LogP contribution in [0.3, 0.4) is 0 Å². The highest BCUT2D eigenvalue weighted by molar-refractivity contribution is 8.00. The number of benzene rings is 2. The summed E-state index contributed by atoms with van der Waals surface area (Å²) in [5.74, 6) is 0.776. The normalized spacial score (nSPS) is 11.6. The van der Waals surface area contributed by atoms with Crippen LogP contribution < -0.4 is 10.6 Å². The van der Waals surface area contributed by atoms with Crippen LogP contribution in [0.4, 0.5) is 5.69 Å². The number of thioether (sulfide) groups is 1. The molecule has 2 aromatic carbocycles. The average Bonchev–Trinajstić information content (AvgIpc) is 3.21. The van der Waals surface area contributed by atoms with Crippen molar-refractivity contribution in [1.29, 1.82) is 0 Å². The molecule has 0 aliphatic rings. The van der Waals surface area contributed by atoms with Crippen LogP contribution in [0.2, 0.25) is 0 Å². The molecule has 0 radical (unpaired) electrons. The Morgan fingerprint density at radius 2 is 1.75 bits per heavy atom. The minimum atomic E-state index is -0.356. The number of aryl methyl sites for hydroxylation is 1. The van der Waals surface area contributed by atoms with E-state index in [1.165, 1.54) is 11.8 Å². The zero-order valence-corrected chi connectivity index (χ0v) is 16.4. The Kier molecular flexibility index (Phi) is 6.92. The number of furan rings is 1. The predicted molar refractivity (Wildman–Crippen MR) is 112 cm³/mol. The van der Waals surface area contributed by atoms with Gasteiger partial charge >= 0.3 is 0 Å². The third-order valence-electron chi connectivity index (χ3n) is 4.03. The van der Waals surface area contributed by atoms with Crippen LogP contribution >= 0.6 is 11.8 Å². The van der Waals surface area contributed by atoms with Gasteiger partial charge in [0.1, 0.15) is 11.8 Å². The van der Waals surface area contributed by atoms with Crippen LogP contribution in [0.25, 0.3) is 0 Å². The molecule has 6 heteroatoms. The summed E-state index contributed by atoms with van der Waals surface area (Å²) < 4.78 is 5.48. The lowest BCUT2D eigenvalue weighted by atomic mass is 10.0. The molecule has 0 aliphatic carbocycles. The summed E-state index contributed by atoms with van der Waals surface area (Å²) in [6.45, 7) is 1.97. The number of carbonyl (C=O) groups excluding carboxylic acids is 2. The molecule has 2 N–H and O–H groups in total. The lowest BCUT2D eigenvalue weighted by Gasteiger charge is -2.17. The third-order valence-corrected chi connectivity index (χ3v) is 4.97. The van der Waals surface area contributed by atoms with Crippen LogP contribution in [0.15, 0.2) is 77.4 Å². The molecule has 0 fully saturated rings. The van der Waals surface area contributed by atoms with Crippen molar-refractivity contribution in [2.24, 2.45) is 0 Å². The standard InChI is InChI=1S/C22H22N2O3S/c1-16-7-5-10-18(13-16)23-20(25)14-28-15-21(26)24-22(19-11-6-12-27-19)17-8-3-2-4-9-17/h2-13,22H,14-15H2,1H3,(H,23,25)(H,24,26). The summed E-state index contributed by atoms with van der Waals surface area (Å²) in [4.78, 5) is 24.5. The molecule has 28 heavy (non-hydrogen) atoms. The molecule has 3 rings (SSSR count). The van der Waals surface area contributed by atoms with E-state index in [1.807, 2.05) is 67.6 Å². The van der Waals surface area contributed by atoms with Gasteiger partial charge < -0.3 is 15.1 Å². The largest absolute Gasteiger partial charge is 0.467 e. The van der Waals surface area contributed by atoms with Gasteiger partial charge in [-0.1, -0.05) is 42.5 Å². The number of nitrogens with one attached hydrogen (secondary N) is 2. The van der Waals surface area contributed by atoms with Gasteiger partial charge in [-0.25, -0.2) is 0 Å². The summed E-state index contributed by atoms with van der Waals surface area (Å²) in [7, 11) is 0. The second-order valence-electron chi connectivity index (χ2n) is 6.34. The summed E-state index contributed by atoms with van der Waals surface area (Å²) in [5.41, 5.74) is 2.78. The van der Waals surface area contributed by atoms with Crippen molar-refractivity contribution in [1.82, 2.24) is 5.32 Å². The van der Waals surface area contributed by atoms with Crippen molar-refractivity contribution in [3.05, 3.63) is 89.9 Å². The fraction of sp³-hybridized carbons (Fsp3) is 0.182. The molecule has 1 atom stereocenters. The van der Waals surface area contributed by atoms with E-state index in [0.717, 1.165) is 16.8 Å². The Hall–Kier alpha value is -2.99. The van der Waals surface area contributed by atoms with E-state index >= 15 is 0 Å². The first-order chi connectivity index (χ1) is 13.6. The monoisotopic (exact) mass is 394 g/mol. The van der Waals surface area contributed by atoms with Gasteiger partial charge in [-0.3, -0.25) is 9.59 Å². The number of carbonyl (C=O) groups is 2. The maximum Gasteiger partial charge on any atom is 0.234 e. The Bertz CT molecular complexity index is 911. The highest BCUT2D eigenvalue weighted by Crippen LogP contribution is 2.22. The molecule has 0 aliphatic heterocycles. The van der Waals surface area contributed by atoms with Crippen molar-refractivity contribution < 1.29 is 14.0 Å². The Morgan fingerprint density at radius 3 is 2.46 bits per heavy atom. The molecule has 144 valence electrons. The molecular formula is C22H22N2O3S. The van der Waals surface area contributed by atoms with Gasteiger partial charge in [0.05, 0.1) is 17.8 Å². The third kappa shape index (κ3) is 5.76. The highest BCUT2D eigenvalue weighted by atomic mass is 32.2. The van der Waals surface area contributed by atoms with Crippen LogP contribution in [0.5, 0.6) is 0 Å². The van der Waals surface area contributed by atoms with E-state index in [4.69, 9.17) is 4.42 Å². The number of hydrogen-bond donors (Lipinski definition) is 2. The van der Waals surface area contributed by atoms with Crippen molar-refractivity contribution in [3.63, 3.8) is 0 Å². The predicted octanol–water partition coefficient (Wildman–Crippen LogP) is 4.17. The number of amides is 2. The second-order valence-corrected chi connectivity index (χ2v) is 7.32. The molecule has 5 nitrogen and oxygen atoms in total. The first-order valence-electron chi connectivity index (χ1n) is 8.94. The van der Waals surface area contributed by atoms with E-state index in [2.05, 4.69) is 10.6 Å². The van der Waals surface area contributed by atoms with Gasteiger partial charge in [0.2, 0.25) is 11.8 Å². The van der Waals surface area contributed by atoms with E-state index < -0.39 is 0 Å². The molecule has 2 amide bonds. The highest BCUT2D eigenvalue weighted by Gasteiger charge is 2.19. The lowest BCUT2D eigenvalue weighted by Crippen LogP contribution is -2.31. The fourth-order valence-corrected chi connectivity index (χ4v) is 3.41. The van der Waals surface area contributed by atoms with Gasteiger partial charge in [0.15, 0.2) is 0 Å². The van der Waals surface area contributed by atoms with E-state index in [1.54, 1.807) is 12.3 Å². The van der Waals surface area contributed by atoms with Crippen LogP contribution in [0, 0.1) is 6.92 Å². The fourth-order valence-electron chi connectivity index (χ4n) is 2.78. The maximum absolute atomic E-state index is 12.4. The van der Waals surface area contributed by atoms with Crippen molar-refractivity contribution >= 4 is 29.3 Å². The molecule has 3 aromatic rings. The molecule has 0 saturated heterocycles. The minimum Gasteiger partial charge on any atom is -0.467 e.